The molecule has 12 heteroatoms. The molecule has 1 unspecified atom stereocenters. The zero-order valence-electron chi connectivity index (χ0n) is 26.9. The number of hydrogen-bond acceptors (Lipinski definition) is 7. The van der Waals surface area contributed by atoms with E-state index in [1.165, 1.54) is 6.07 Å². The van der Waals surface area contributed by atoms with Gasteiger partial charge in [0.25, 0.3) is 0 Å². The predicted octanol–water partition coefficient (Wildman–Crippen LogP) is 7.11. The van der Waals surface area contributed by atoms with Crippen LogP contribution in [-0.4, -0.2) is 54.0 Å². The molecule has 0 radical (unpaired) electrons. The number of nitrogens with one attached hydrogen (secondary N) is 2. The lowest BCUT2D eigenvalue weighted by molar-refractivity contribution is 0.171. The van der Waals surface area contributed by atoms with Crippen LogP contribution in [0, 0.1) is 0 Å². The average Bonchev–Trinajstić information content (AvgIpc) is 3.78. The van der Waals surface area contributed by atoms with E-state index in [0.717, 1.165) is 59.8 Å². The van der Waals surface area contributed by atoms with E-state index in [2.05, 4.69) is 59.6 Å². The van der Waals surface area contributed by atoms with Gasteiger partial charge in [-0.3, -0.25) is 14.6 Å². The molecule has 7 rings (SSSR count). The zero-order chi connectivity index (χ0) is 32.9. The molecule has 1 fully saturated rings. The minimum absolute atomic E-state index is 0.0231. The lowest BCUT2D eigenvalue weighted by atomic mass is 9.85. The number of anilines is 1. The van der Waals surface area contributed by atoms with E-state index in [1.807, 2.05) is 47.0 Å². The lowest BCUT2D eigenvalue weighted by Crippen LogP contribution is -2.36. The molecule has 2 aromatic carbocycles. The predicted molar refractivity (Wildman–Crippen MR) is 180 cm³/mol. The molecule has 1 aliphatic heterocycles. The Bertz CT molecular complexity index is 1950. The maximum Gasteiger partial charge on any atom is 0.320 e. The molecule has 11 nitrogen and oxygen atoms in total. The highest BCUT2D eigenvalue weighted by molar-refractivity contribution is 6.32. The summed E-state index contributed by atoms with van der Waals surface area (Å²) < 4.78 is 10.3. The van der Waals surface area contributed by atoms with Crippen molar-refractivity contribution in [1.82, 2.24) is 34.6 Å². The number of hydrogen-bond donors (Lipinski definition) is 3. The number of halogens is 1. The van der Waals surface area contributed by atoms with Crippen molar-refractivity contribution in [2.75, 3.05) is 18.9 Å². The van der Waals surface area contributed by atoms with Gasteiger partial charge in [-0.1, -0.05) is 56.6 Å². The normalized spacial score (nSPS) is 19.9. The summed E-state index contributed by atoms with van der Waals surface area (Å²) in [6.07, 6.45) is 5.45. The first-order chi connectivity index (χ1) is 22.5. The second kappa shape index (κ2) is 12.2. The third kappa shape index (κ3) is 6.13. The maximum absolute atomic E-state index is 13.5. The van der Waals surface area contributed by atoms with E-state index in [-0.39, 0.29) is 40.4 Å². The van der Waals surface area contributed by atoms with Crippen molar-refractivity contribution in [3.63, 3.8) is 0 Å². The molecular weight excluding hydrogens is 616 g/mol. The van der Waals surface area contributed by atoms with E-state index in [9.17, 15) is 9.90 Å². The van der Waals surface area contributed by atoms with Crippen LogP contribution < -0.4 is 15.4 Å². The molecule has 3 atom stereocenters. The van der Waals surface area contributed by atoms with E-state index in [4.69, 9.17) is 21.4 Å². The first-order valence-electron chi connectivity index (χ1n) is 16.0. The highest BCUT2D eigenvalue weighted by atomic mass is 35.5. The van der Waals surface area contributed by atoms with Crippen LogP contribution in [0.2, 0.25) is 5.02 Å². The standard InChI is InChI=1S/C35H39ClN8O3/c1-35(2,3)30-19-32(44(41-30)21-11-14-28(45)25(36)18-21)38-34(46)37-26-13-15-29(24-9-6-5-8-23(24)26)47-22-12-16-31-39-40-33(43(31)20-22)27-10-7-17-42(27)4/h5-6,8-9,11-12,14,16,18-20,26-27,29,45H,7,10,13,15,17H2,1-4H3,(H2,37,38,46)/t26-,27?,29+/m0/s1. The van der Waals surface area contributed by atoms with Crippen molar-refractivity contribution in [2.45, 2.75) is 70.1 Å². The topological polar surface area (TPSA) is 122 Å². The van der Waals surface area contributed by atoms with Crippen molar-refractivity contribution in [1.29, 1.82) is 0 Å². The molecule has 244 valence electrons. The highest BCUT2D eigenvalue weighted by Gasteiger charge is 2.31. The minimum Gasteiger partial charge on any atom is -0.506 e. The number of carbonyl (C=O) groups excluding carboxylic acids is 1. The molecule has 2 amide bonds. The van der Waals surface area contributed by atoms with Gasteiger partial charge >= 0.3 is 6.03 Å². The van der Waals surface area contributed by atoms with E-state index < -0.39 is 0 Å². The van der Waals surface area contributed by atoms with Crippen LogP contribution in [0.15, 0.2) is 66.9 Å². The largest absolute Gasteiger partial charge is 0.506 e. The Balaban J connectivity index is 1.10. The number of fused-ring (bicyclic) bond motifs is 2. The lowest BCUT2D eigenvalue weighted by Gasteiger charge is -2.32. The average molecular weight is 655 g/mol. The van der Waals surface area contributed by atoms with Crippen molar-refractivity contribution < 1.29 is 14.6 Å². The number of aromatic hydroxyl groups is 1. The SMILES string of the molecule is CN1CCCC1c1nnc2ccc(O[C@@H]3CC[C@H](NC(=O)Nc4cc(C(C)(C)C)nn4-c4ccc(O)c(Cl)c4)c4ccccc43)cn12. The molecule has 47 heavy (non-hydrogen) atoms. The van der Waals surface area contributed by atoms with Crippen molar-refractivity contribution >= 4 is 29.1 Å². The number of amides is 2. The fourth-order valence-corrected chi connectivity index (χ4v) is 6.76. The molecule has 3 aromatic heterocycles. The number of likely N-dealkylation sites (tertiary alicyclic amines) is 1. The first kappa shape index (κ1) is 31.0. The Hall–Kier alpha value is -4.61. The second-order valence-corrected chi connectivity index (χ2v) is 13.9. The van der Waals surface area contributed by atoms with Crippen LogP contribution in [0.25, 0.3) is 11.3 Å². The van der Waals surface area contributed by atoms with Gasteiger partial charge < -0.3 is 15.2 Å². The summed E-state index contributed by atoms with van der Waals surface area (Å²) in [5.41, 5.74) is 4.02. The molecular formula is C35H39ClN8O3. The summed E-state index contributed by atoms with van der Waals surface area (Å²) in [7, 11) is 2.13. The van der Waals surface area contributed by atoms with Gasteiger partial charge in [-0.2, -0.15) is 5.10 Å². The Morgan fingerprint density at radius 1 is 1.02 bits per heavy atom. The smallest absolute Gasteiger partial charge is 0.320 e. The molecule has 1 aliphatic carbocycles. The van der Waals surface area contributed by atoms with Crippen LogP contribution in [0.1, 0.15) is 87.3 Å². The third-order valence-corrected chi connectivity index (χ3v) is 9.44. The Kier molecular flexibility index (Phi) is 8.05. The molecule has 4 heterocycles. The van der Waals surface area contributed by atoms with Gasteiger partial charge in [0.05, 0.1) is 34.7 Å². The Morgan fingerprint density at radius 3 is 2.57 bits per heavy atom. The van der Waals surface area contributed by atoms with Crippen LogP contribution in [0.4, 0.5) is 10.6 Å². The highest BCUT2D eigenvalue weighted by Crippen LogP contribution is 2.39. The third-order valence-electron chi connectivity index (χ3n) is 9.13. The van der Waals surface area contributed by atoms with Crippen molar-refractivity contribution in [3.05, 3.63) is 94.5 Å². The summed E-state index contributed by atoms with van der Waals surface area (Å²) in [4.78, 5) is 15.8. The Labute approximate surface area is 278 Å². The number of pyridine rings is 1. The number of rotatable bonds is 6. The van der Waals surface area contributed by atoms with E-state index in [0.29, 0.717) is 17.9 Å². The number of benzene rings is 2. The fourth-order valence-electron chi connectivity index (χ4n) is 6.58. The minimum atomic E-state index is -0.349. The summed E-state index contributed by atoms with van der Waals surface area (Å²) in [5.74, 6) is 2.16. The number of carbonyl (C=O) groups is 1. The fraction of sp³-hybridized carbons (Fsp3) is 0.371. The summed E-state index contributed by atoms with van der Waals surface area (Å²) in [5, 5.41) is 30.0. The quantitative estimate of drug-likeness (QED) is 0.178. The summed E-state index contributed by atoms with van der Waals surface area (Å²) >= 11 is 6.21. The number of urea groups is 1. The van der Waals surface area contributed by atoms with Crippen LogP contribution in [-0.2, 0) is 5.41 Å². The molecule has 1 saturated heterocycles. The maximum atomic E-state index is 13.5. The van der Waals surface area contributed by atoms with Gasteiger partial charge in [0.1, 0.15) is 23.4 Å². The number of aromatic nitrogens is 5. The monoisotopic (exact) mass is 654 g/mol. The van der Waals surface area contributed by atoms with Crippen LogP contribution in [0.5, 0.6) is 11.5 Å². The van der Waals surface area contributed by atoms with Gasteiger partial charge in [0.15, 0.2) is 11.5 Å². The van der Waals surface area contributed by atoms with Crippen molar-refractivity contribution in [3.8, 4) is 17.2 Å². The number of phenolic OH excluding ortho intramolecular Hbond substituents is 1. The van der Waals surface area contributed by atoms with Crippen molar-refractivity contribution in [2.24, 2.45) is 0 Å². The zero-order valence-corrected chi connectivity index (χ0v) is 27.7. The van der Waals surface area contributed by atoms with E-state index in [1.54, 1.807) is 16.8 Å². The van der Waals surface area contributed by atoms with Gasteiger partial charge in [-0.15, -0.1) is 10.2 Å². The van der Waals surface area contributed by atoms with Gasteiger partial charge in [-0.05, 0) is 80.7 Å². The summed E-state index contributed by atoms with van der Waals surface area (Å²) in [6, 6.07) is 18.4. The number of nitrogens with zero attached hydrogens (tertiary/aromatic N) is 6. The van der Waals surface area contributed by atoms with Gasteiger partial charge in [-0.25, -0.2) is 9.48 Å². The molecule has 0 bridgehead atoms. The number of phenols is 1. The second-order valence-electron chi connectivity index (χ2n) is 13.5. The van der Waals surface area contributed by atoms with Gasteiger partial charge in [0.2, 0.25) is 0 Å². The first-order valence-corrected chi connectivity index (χ1v) is 16.4. The Morgan fingerprint density at radius 2 is 1.83 bits per heavy atom. The molecule has 0 spiro atoms. The molecule has 0 saturated carbocycles. The van der Waals surface area contributed by atoms with Gasteiger partial charge in [0, 0.05) is 11.5 Å². The molecule has 5 aromatic rings. The number of ether oxygens (including phenoxy) is 1. The molecule has 3 N–H and O–H groups in total. The summed E-state index contributed by atoms with van der Waals surface area (Å²) in [6.45, 7) is 7.23. The molecule has 2 aliphatic rings. The van der Waals surface area contributed by atoms with E-state index >= 15 is 0 Å². The van der Waals surface area contributed by atoms with Crippen LogP contribution in [0.3, 0.4) is 0 Å². The van der Waals surface area contributed by atoms with Crippen LogP contribution >= 0.6 is 11.6 Å².